The van der Waals surface area contributed by atoms with Crippen molar-refractivity contribution in [1.29, 1.82) is 0 Å². The van der Waals surface area contributed by atoms with Gasteiger partial charge in [0.1, 0.15) is 0 Å². The number of nitrogens with zero attached hydrogens (tertiary/aromatic N) is 1. The van der Waals surface area contributed by atoms with Crippen LogP contribution in [0.3, 0.4) is 0 Å². The average molecular weight is 294 g/mol. The SMILES string of the molecule is CC(=O)Nc1ccc(S(=O)(=O)NCc2cnc[nH]2)cc1. The molecule has 0 saturated carbocycles. The summed E-state index contributed by atoms with van der Waals surface area (Å²) in [7, 11) is -3.59. The number of imidazole rings is 1. The Morgan fingerprint density at radius 3 is 2.55 bits per heavy atom. The zero-order valence-electron chi connectivity index (χ0n) is 10.8. The molecule has 8 heteroatoms. The van der Waals surface area contributed by atoms with Crippen LogP contribution in [0.2, 0.25) is 0 Å². The maximum absolute atomic E-state index is 12.0. The number of hydrogen-bond acceptors (Lipinski definition) is 4. The predicted octanol–water partition coefficient (Wildman–Crippen LogP) is 0.847. The van der Waals surface area contributed by atoms with E-state index in [1.165, 1.54) is 37.5 Å². The third-order valence-corrected chi connectivity index (χ3v) is 3.91. The molecule has 0 unspecified atom stereocenters. The Bertz CT molecular complexity index is 678. The molecule has 0 fully saturated rings. The first-order chi connectivity index (χ1) is 9.47. The molecule has 0 atom stereocenters. The number of hydrogen-bond donors (Lipinski definition) is 3. The van der Waals surface area contributed by atoms with E-state index in [1.807, 2.05) is 0 Å². The quantitative estimate of drug-likeness (QED) is 0.760. The molecule has 1 heterocycles. The van der Waals surface area contributed by atoms with Crippen LogP contribution < -0.4 is 10.0 Å². The Labute approximate surface area is 116 Å². The van der Waals surface area contributed by atoms with Crippen LogP contribution in [0.4, 0.5) is 5.69 Å². The van der Waals surface area contributed by atoms with Crippen molar-refractivity contribution in [3.8, 4) is 0 Å². The smallest absolute Gasteiger partial charge is 0.240 e. The van der Waals surface area contributed by atoms with Crippen LogP contribution in [-0.2, 0) is 21.4 Å². The first kappa shape index (κ1) is 14.2. The van der Waals surface area contributed by atoms with Crippen LogP contribution in [0.1, 0.15) is 12.6 Å². The Hall–Kier alpha value is -2.19. The molecule has 2 aromatic rings. The van der Waals surface area contributed by atoms with Crippen LogP contribution in [0.5, 0.6) is 0 Å². The number of aromatic amines is 1. The Morgan fingerprint density at radius 1 is 1.30 bits per heavy atom. The highest BCUT2D eigenvalue weighted by molar-refractivity contribution is 7.89. The molecule has 0 aliphatic carbocycles. The molecule has 1 aromatic carbocycles. The molecule has 0 aliphatic heterocycles. The third kappa shape index (κ3) is 3.65. The van der Waals surface area contributed by atoms with Crippen molar-refractivity contribution in [3.63, 3.8) is 0 Å². The van der Waals surface area contributed by atoms with E-state index < -0.39 is 10.0 Å². The van der Waals surface area contributed by atoms with E-state index in [0.717, 1.165) is 0 Å². The third-order valence-electron chi connectivity index (χ3n) is 2.49. The summed E-state index contributed by atoms with van der Waals surface area (Å²) in [4.78, 5) is 17.6. The summed E-state index contributed by atoms with van der Waals surface area (Å²) in [5.74, 6) is -0.210. The molecule has 106 valence electrons. The fraction of sp³-hybridized carbons (Fsp3) is 0.167. The average Bonchev–Trinajstić information content (AvgIpc) is 2.89. The number of amides is 1. The van der Waals surface area contributed by atoms with Crippen molar-refractivity contribution >= 4 is 21.6 Å². The fourth-order valence-corrected chi connectivity index (χ4v) is 2.56. The molecule has 0 radical (unpaired) electrons. The molecule has 7 nitrogen and oxygen atoms in total. The molecule has 3 N–H and O–H groups in total. The van der Waals surface area contributed by atoms with Gasteiger partial charge in [-0.2, -0.15) is 0 Å². The number of aromatic nitrogens is 2. The summed E-state index contributed by atoms with van der Waals surface area (Å²) < 4.78 is 26.5. The molecular weight excluding hydrogens is 280 g/mol. The van der Waals surface area contributed by atoms with Crippen LogP contribution in [0, 0.1) is 0 Å². The van der Waals surface area contributed by atoms with Gasteiger partial charge in [-0.25, -0.2) is 18.1 Å². The first-order valence-corrected chi connectivity index (χ1v) is 7.30. The second-order valence-electron chi connectivity index (χ2n) is 4.11. The second kappa shape index (κ2) is 5.85. The first-order valence-electron chi connectivity index (χ1n) is 5.82. The lowest BCUT2D eigenvalue weighted by Crippen LogP contribution is -2.23. The van der Waals surface area contributed by atoms with Gasteiger partial charge < -0.3 is 10.3 Å². The Balaban J connectivity index is 2.07. The van der Waals surface area contributed by atoms with Crippen molar-refractivity contribution in [2.75, 3.05) is 5.32 Å². The van der Waals surface area contributed by atoms with Crippen LogP contribution in [0.15, 0.2) is 41.7 Å². The summed E-state index contributed by atoms with van der Waals surface area (Å²) in [6, 6.07) is 5.93. The zero-order chi connectivity index (χ0) is 14.6. The lowest BCUT2D eigenvalue weighted by Gasteiger charge is -2.07. The van der Waals surface area contributed by atoms with Crippen molar-refractivity contribution in [2.45, 2.75) is 18.4 Å². The predicted molar refractivity (Wildman–Crippen MR) is 73.4 cm³/mol. The monoisotopic (exact) mass is 294 g/mol. The number of benzene rings is 1. The van der Waals surface area contributed by atoms with Gasteiger partial charge in [-0.1, -0.05) is 0 Å². The highest BCUT2D eigenvalue weighted by Gasteiger charge is 2.13. The van der Waals surface area contributed by atoms with Crippen molar-refractivity contribution in [1.82, 2.24) is 14.7 Å². The van der Waals surface area contributed by atoms with Gasteiger partial charge in [-0.3, -0.25) is 4.79 Å². The summed E-state index contributed by atoms with van der Waals surface area (Å²) in [5, 5.41) is 2.57. The number of anilines is 1. The standard InChI is InChI=1S/C12H14N4O3S/c1-9(17)16-10-2-4-12(5-3-10)20(18,19)15-7-11-6-13-8-14-11/h2-6,8,15H,7H2,1H3,(H,13,14)(H,16,17). The highest BCUT2D eigenvalue weighted by atomic mass is 32.2. The molecular formula is C12H14N4O3S. The Kier molecular flexibility index (Phi) is 4.16. The van der Waals surface area contributed by atoms with E-state index in [9.17, 15) is 13.2 Å². The van der Waals surface area contributed by atoms with E-state index in [0.29, 0.717) is 11.4 Å². The highest BCUT2D eigenvalue weighted by Crippen LogP contribution is 2.14. The van der Waals surface area contributed by atoms with E-state index in [4.69, 9.17) is 0 Å². The van der Waals surface area contributed by atoms with E-state index >= 15 is 0 Å². The van der Waals surface area contributed by atoms with E-state index in [1.54, 1.807) is 6.20 Å². The number of carbonyl (C=O) groups excluding carboxylic acids is 1. The van der Waals surface area contributed by atoms with Gasteiger partial charge in [0.25, 0.3) is 0 Å². The molecule has 1 amide bonds. The minimum atomic E-state index is -3.59. The maximum atomic E-state index is 12.0. The summed E-state index contributed by atoms with van der Waals surface area (Å²) in [6.45, 7) is 1.52. The molecule has 0 aliphatic rings. The summed E-state index contributed by atoms with van der Waals surface area (Å²) >= 11 is 0. The molecule has 0 spiro atoms. The molecule has 0 bridgehead atoms. The lowest BCUT2D eigenvalue weighted by atomic mass is 10.3. The van der Waals surface area contributed by atoms with Gasteiger partial charge in [0.15, 0.2) is 0 Å². The van der Waals surface area contributed by atoms with E-state index in [2.05, 4.69) is 20.0 Å². The number of H-pyrrole nitrogens is 1. The van der Waals surface area contributed by atoms with Crippen molar-refractivity contribution in [3.05, 3.63) is 42.5 Å². The van der Waals surface area contributed by atoms with Crippen molar-refractivity contribution in [2.24, 2.45) is 0 Å². The number of carbonyl (C=O) groups is 1. The second-order valence-corrected chi connectivity index (χ2v) is 5.87. The molecule has 20 heavy (non-hydrogen) atoms. The largest absolute Gasteiger partial charge is 0.347 e. The Morgan fingerprint density at radius 2 is 2.00 bits per heavy atom. The number of sulfonamides is 1. The minimum absolute atomic E-state index is 0.131. The molecule has 0 saturated heterocycles. The fourth-order valence-electron chi connectivity index (χ4n) is 1.56. The van der Waals surface area contributed by atoms with E-state index in [-0.39, 0.29) is 17.3 Å². The van der Waals surface area contributed by atoms with Crippen LogP contribution in [-0.4, -0.2) is 24.3 Å². The van der Waals surface area contributed by atoms with Gasteiger partial charge in [-0.15, -0.1) is 0 Å². The number of rotatable bonds is 5. The van der Waals surface area contributed by atoms with Gasteiger partial charge in [0.2, 0.25) is 15.9 Å². The van der Waals surface area contributed by atoms with Crippen LogP contribution >= 0.6 is 0 Å². The minimum Gasteiger partial charge on any atom is -0.347 e. The van der Waals surface area contributed by atoms with Gasteiger partial charge in [-0.05, 0) is 24.3 Å². The van der Waals surface area contributed by atoms with Crippen LogP contribution in [0.25, 0.3) is 0 Å². The topological polar surface area (TPSA) is 104 Å². The lowest BCUT2D eigenvalue weighted by molar-refractivity contribution is -0.114. The normalized spacial score (nSPS) is 11.2. The molecule has 2 rings (SSSR count). The molecule has 1 aromatic heterocycles. The van der Waals surface area contributed by atoms with Gasteiger partial charge >= 0.3 is 0 Å². The zero-order valence-corrected chi connectivity index (χ0v) is 11.6. The number of nitrogens with one attached hydrogen (secondary N) is 3. The van der Waals surface area contributed by atoms with Gasteiger partial charge in [0.05, 0.1) is 17.8 Å². The van der Waals surface area contributed by atoms with Crippen molar-refractivity contribution < 1.29 is 13.2 Å². The maximum Gasteiger partial charge on any atom is 0.240 e. The summed E-state index contributed by atoms with van der Waals surface area (Å²) in [6.07, 6.45) is 3.02. The van der Waals surface area contributed by atoms with Gasteiger partial charge in [0, 0.05) is 24.5 Å². The summed E-state index contributed by atoms with van der Waals surface area (Å²) in [5.41, 5.74) is 1.22.